The first-order valence-electron chi connectivity index (χ1n) is 25.9. The standard InChI is InChI=1S/C70H66N4/c1-67(2,3)51-37-52(68(4,5)6)40-55(39-51)73(63-31-23-45(43-71)35-59(63)47-19-15-13-16-20-47)61-33-27-49-26-30-58-62(34-28-50-25-29-57(61)65(49)66(50)58)74(56-41-53(69(7,8)9)38-54(42-56)70(10,11)12)64-32-24-46(44-72)36-60(64)48-21-17-14-18-22-48/h13-42H,1-12H3. The fourth-order valence-electron chi connectivity index (χ4n) is 10.5. The van der Waals surface area contributed by atoms with Gasteiger partial charge in [-0.1, -0.05) is 192 Å². The zero-order valence-electron chi connectivity index (χ0n) is 45.1. The maximum atomic E-state index is 10.3. The van der Waals surface area contributed by atoms with E-state index < -0.39 is 0 Å². The van der Waals surface area contributed by atoms with Crippen LogP contribution in [0.1, 0.15) is 116 Å². The second-order valence-electron chi connectivity index (χ2n) is 24.2. The summed E-state index contributed by atoms with van der Waals surface area (Å²) in [6.45, 7) is 27.5. The van der Waals surface area contributed by atoms with E-state index in [0.717, 1.165) is 77.9 Å². The summed E-state index contributed by atoms with van der Waals surface area (Å²) in [6.07, 6.45) is 0. The van der Waals surface area contributed by atoms with Crippen molar-refractivity contribution in [3.8, 4) is 34.4 Å². The van der Waals surface area contributed by atoms with E-state index in [1.807, 2.05) is 36.4 Å². The van der Waals surface area contributed by atoms with E-state index in [1.54, 1.807) is 0 Å². The Bertz CT molecular complexity index is 3520. The van der Waals surface area contributed by atoms with Crippen molar-refractivity contribution >= 4 is 66.4 Å². The molecule has 0 fully saturated rings. The Morgan fingerprint density at radius 1 is 0.324 bits per heavy atom. The first-order valence-corrected chi connectivity index (χ1v) is 25.9. The lowest BCUT2D eigenvalue weighted by atomic mass is 9.80. The Morgan fingerprint density at radius 3 is 0.946 bits per heavy atom. The third-order valence-corrected chi connectivity index (χ3v) is 14.8. The predicted molar refractivity (Wildman–Crippen MR) is 315 cm³/mol. The van der Waals surface area contributed by atoms with Gasteiger partial charge in [-0.3, -0.25) is 0 Å². The van der Waals surface area contributed by atoms with Crippen LogP contribution in [0, 0.1) is 22.7 Å². The highest BCUT2D eigenvalue weighted by atomic mass is 15.2. The number of nitriles is 2. The molecule has 0 aliphatic rings. The molecule has 4 heteroatoms. The highest BCUT2D eigenvalue weighted by molar-refractivity contribution is 6.28. The van der Waals surface area contributed by atoms with Crippen LogP contribution in [-0.2, 0) is 21.7 Å². The van der Waals surface area contributed by atoms with Gasteiger partial charge in [-0.05, 0) is 149 Å². The minimum Gasteiger partial charge on any atom is -0.309 e. The molecule has 0 radical (unpaired) electrons. The van der Waals surface area contributed by atoms with Crippen molar-refractivity contribution in [3.05, 3.63) is 215 Å². The van der Waals surface area contributed by atoms with Crippen LogP contribution in [0.25, 0.3) is 54.6 Å². The zero-order valence-corrected chi connectivity index (χ0v) is 45.1. The molecule has 0 spiro atoms. The van der Waals surface area contributed by atoms with Gasteiger partial charge < -0.3 is 9.80 Å². The van der Waals surface area contributed by atoms with Crippen molar-refractivity contribution in [1.29, 1.82) is 10.5 Å². The van der Waals surface area contributed by atoms with E-state index in [0.29, 0.717) is 11.1 Å². The molecule has 0 aromatic heterocycles. The third kappa shape index (κ3) is 9.16. The lowest BCUT2D eigenvalue weighted by Gasteiger charge is -2.34. The summed E-state index contributed by atoms with van der Waals surface area (Å²) < 4.78 is 0. The molecule has 0 heterocycles. The average molecular weight is 963 g/mol. The highest BCUT2D eigenvalue weighted by Crippen LogP contribution is 2.52. The molecule has 0 N–H and O–H groups in total. The third-order valence-electron chi connectivity index (χ3n) is 14.8. The molecule has 10 rings (SSSR count). The molecule has 0 atom stereocenters. The quantitative estimate of drug-likeness (QED) is 0.142. The summed E-state index contributed by atoms with van der Waals surface area (Å²) in [6, 6.07) is 70.7. The Kier molecular flexibility index (Phi) is 12.3. The summed E-state index contributed by atoms with van der Waals surface area (Å²) in [5.74, 6) is 0. The van der Waals surface area contributed by atoms with Crippen molar-refractivity contribution in [2.75, 3.05) is 9.80 Å². The van der Waals surface area contributed by atoms with Gasteiger partial charge in [-0.2, -0.15) is 10.5 Å². The summed E-state index contributed by atoms with van der Waals surface area (Å²) in [5, 5.41) is 27.6. The summed E-state index contributed by atoms with van der Waals surface area (Å²) in [5.41, 5.74) is 16.0. The van der Waals surface area contributed by atoms with E-state index in [1.165, 1.54) is 33.0 Å². The van der Waals surface area contributed by atoms with Crippen LogP contribution in [0.15, 0.2) is 182 Å². The lowest BCUT2D eigenvalue weighted by molar-refractivity contribution is 0.568. The van der Waals surface area contributed by atoms with Crippen molar-refractivity contribution in [3.63, 3.8) is 0 Å². The molecule has 0 saturated heterocycles. The molecule has 10 aromatic carbocycles. The topological polar surface area (TPSA) is 54.1 Å². The molecule has 4 nitrogen and oxygen atoms in total. The van der Waals surface area contributed by atoms with Crippen LogP contribution in [0.3, 0.4) is 0 Å². The molecule has 366 valence electrons. The number of benzene rings is 10. The monoisotopic (exact) mass is 963 g/mol. The molecule has 10 aromatic rings. The van der Waals surface area contributed by atoms with Gasteiger partial charge in [0.2, 0.25) is 0 Å². The van der Waals surface area contributed by atoms with Gasteiger partial charge in [0.1, 0.15) is 0 Å². The van der Waals surface area contributed by atoms with Crippen molar-refractivity contribution in [2.24, 2.45) is 0 Å². The van der Waals surface area contributed by atoms with Crippen molar-refractivity contribution in [1.82, 2.24) is 0 Å². The molecule has 0 aliphatic carbocycles. The van der Waals surface area contributed by atoms with Gasteiger partial charge in [-0.25, -0.2) is 0 Å². The molecule has 0 amide bonds. The van der Waals surface area contributed by atoms with E-state index in [9.17, 15) is 10.5 Å². The van der Waals surface area contributed by atoms with Crippen LogP contribution in [-0.4, -0.2) is 0 Å². The zero-order chi connectivity index (χ0) is 52.5. The number of rotatable bonds is 8. The van der Waals surface area contributed by atoms with E-state index in [2.05, 4.69) is 251 Å². The van der Waals surface area contributed by atoms with Gasteiger partial charge in [0.25, 0.3) is 0 Å². The number of hydrogen-bond donors (Lipinski definition) is 0. The lowest BCUT2D eigenvalue weighted by Crippen LogP contribution is -2.19. The second-order valence-corrected chi connectivity index (χ2v) is 24.2. The highest BCUT2D eigenvalue weighted by Gasteiger charge is 2.29. The van der Waals surface area contributed by atoms with E-state index in [4.69, 9.17) is 0 Å². The van der Waals surface area contributed by atoms with E-state index >= 15 is 0 Å². The van der Waals surface area contributed by atoms with Gasteiger partial charge in [0.05, 0.1) is 46.0 Å². The van der Waals surface area contributed by atoms with Gasteiger partial charge >= 0.3 is 0 Å². The van der Waals surface area contributed by atoms with Crippen LogP contribution in [0.2, 0.25) is 0 Å². The summed E-state index contributed by atoms with van der Waals surface area (Å²) >= 11 is 0. The number of nitrogens with zero attached hydrogens (tertiary/aromatic N) is 4. The van der Waals surface area contributed by atoms with Gasteiger partial charge in [-0.15, -0.1) is 0 Å². The molecule has 0 bridgehead atoms. The SMILES string of the molecule is CC(C)(C)c1cc(N(c2ccc(C#N)cc2-c2ccccc2)c2ccc3ccc4c(N(c5cc(C(C)(C)C)cc(C(C)(C)C)c5)c5ccc(C#N)cc5-c5ccccc5)ccc5ccc2c3c54)cc(C(C)(C)C)c1. The maximum absolute atomic E-state index is 10.3. The number of anilines is 6. The molecule has 74 heavy (non-hydrogen) atoms. The normalized spacial score (nSPS) is 12.3. The second kappa shape index (κ2) is 18.4. The minimum atomic E-state index is -0.130. The molecular formula is C70H66N4. The van der Waals surface area contributed by atoms with Crippen LogP contribution in [0.4, 0.5) is 34.1 Å². The molecule has 0 saturated carbocycles. The molecular weight excluding hydrogens is 897 g/mol. The largest absolute Gasteiger partial charge is 0.309 e. The van der Waals surface area contributed by atoms with Gasteiger partial charge in [0.15, 0.2) is 0 Å². The minimum absolute atomic E-state index is 0.130. The fraction of sp³-hybridized carbons (Fsp3) is 0.229. The van der Waals surface area contributed by atoms with Crippen molar-refractivity contribution in [2.45, 2.75) is 105 Å². The average Bonchev–Trinajstić information content (AvgIpc) is 3.38. The van der Waals surface area contributed by atoms with Crippen LogP contribution >= 0.6 is 0 Å². The van der Waals surface area contributed by atoms with Crippen LogP contribution < -0.4 is 9.80 Å². The Hall–Kier alpha value is -8.18. The molecule has 0 unspecified atom stereocenters. The molecule has 0 aliphatic heterocycles. The van der Waals surface area contributed by atoms with Crippen molar-refractivity contribution < 1.29 is 0 Å². The first-order chi connectivity index (χ1) is 35.1. The Balaban J connectivity index is 1.31. The Morgan fingerprint density at radius 2 is 0.635 bits per heavy atom. The predicted octanol–water partition coefficient (Wildman–Crippen LogP) is 19.8. The van der Waals surface area contributed by atoms with Crippen LogP contribution in [0.5, 0.6) is 0 Å². The summed E-state index contributed by atoms with van der Waals surface area (Å²) in [7, 11) is 0. The first kappa shape index (κ1) is 49.4. The number of hydrogen-bond acceptors (Lipinski definition) is 4. The smallest absolute Gasteiger partial charge is 0.0991 e. The summed E-state index contributed by atoms with van der Waals surface area (Å²) in [4.78, 5) is 4.89. The Labute approximate surface area is 439 Å². The van der Waals surface area contributed by atoms with Gasteiger partial charge in [0, 0.05) is 33.3 Å². The fourth-order valence-corrected chi connectivity index (χ4v) is 10.5. The van der Waals surface area contributed by atoms with E-state index in [-0.39, 0.29) is 21.7 Å². The maximum Gasteiger partial charge on any atom is 0.0991 e.